The Hall–Kier alpha value is -5.34. The number of fused-ring (bicyclic) bond motifs is 7. The maximum absolute atomic E-state index is 2.45. The Morgan fingerprint density at radius 1 is 0.524 bits per heavy atom. The molecule has 0 aliphatic rings. The van der Waals surface area contributed by atoms with E-state index in [4.69, 9.17) is 0 Å². The number of para-hydroxylation sites is 2. The highest BCUT2D eigenvalue weighted by Crippen LogP contribution is 2.40. The summed E-state index contributed by atoms with van der Waals surface area (Å²) in [5.74, 6) is 0. The van der Waals surface area contributed by atoms with Gasteiger partial charge in [0.2, 0.25) is 0 Å². The van der Waals surface area contributed by atoms with Gasteiger partial charge in [-0.1, -0.05) is 103 Å². The summed E-state index contributed by atoms with van der Waals surface area (Å²) >= 11 is 0. The predicted molar refractivity (Wildman–Crippen MR) is 181 cm³/mol. The summed E-state index contributed by atoms with van der Waals surface area (Å²) in [5.41, 5.74) is 9.73. The van der Waals surface area contributed by atoms with Crippen molar-refractivity contribution in [1.29, 1.82) is 0 Å². The van der Waals surface area contributed by atoms with Crippen LogP contribution in [0.5, 0.6) is 0 Å². The molecular formula is C40H30N2. The number of hydrogen-bond acceptors (Lipinski definition) is 0. The van der Waals surface area contributed by atoms with Crippen LogP contribution in [0.3, 0.4) is 0 Å². The summed E-state index contributed by atoms with van der Waals surface area (Å²) in [7, 11) is 0. The van der Waals surface area contributed by atoms with Crippen LogP contribution in [-0.4, -0.2) is 9.13 Å². The molecule has 0 saturated heterocycles. The molecule has 0 N–H and O–H groups in total. The largest absolute Gasteiger partial charge is 0.309 e. The lowest BCUT2D eigenvalue weighted by molar-refractivity contribution is 1.18. The van der Waals surface area contributed by atoms with E-state index in [1.165, 1.54) is 76.9 Å². The van der Waals surface area contributed by atoms with Crippen LogP contribution in [-0.2, 0) is 0 Å². The fraction of sp³-hybridized carbons (Fsp3) is 0.0500. The van der Waals surface area contributed by atoms with E-state index in [1.807, 2.05) is 0 Å². The SMILES string of the molecule is C/C=C\C=C(\C)c1cccc(-n2c3ccccc3c3cc4c(cc32)c2ccccc2n4-c2cccc3ccccc23)c1. The highest BCUT2D eigenvalue weighted by atomic mass is 15.0. The molecule has 42 heavy (non-hydrogen) atoms. The normalized spacial score (nSPS) is 12.6. The first-order valence-corrected chi connectivity index (χ1v) is 14.6. The molecule has 0 spiro atoms. The Kier molecular flexibility index (Phi) is 5.61. The number of rotatable bonds is 4. The lowest BCUT2D eigenvalue weighted by atomic mass is 10.1. The Bertz CT molecular complexity index is 2370. The molecule has 8 rings (SSSR count). The van der Waals surface area contributed by atoms with E-state index in [9.17, 15) is 0 Å². The van der Waals surface area contributed by atoms with Crippen molar-refractivity contribution in [1.82, 2.24) is 9.13 Å². The average molecular weight is 539 g/mol. The second-order valence-electron chi connectivity index (χ2n) is 11.0. The summed E-state index contributed by atoms with van der Waals surface area (Å²) < 4.78 is 4.88. The molecule has 2 heteroatoms. The molecule has 0 aliphatic carbocycles. The lowest BCUT2D eigenvalue weighted by Gasteiger charge is -2.12. The van der Waals surface area contributed by atoms with E-state index < -0.39 is 0 Å². The number of hydrogen-bond donors (Lipinski definition) is 0. The van der Waals surface area contributed by atoms with Crippen molar-refractivity contribution in [3.8, 4) is 11.4 Å². The molecule has 0 radical (unpaired) electrons. The van der Waals surface area contributed by atoms with Gasteiger partial charge in [0.25, 0.3) is 0 Å². The molecule has 0 aliphatic heterocycles. The van der Waals surface area contributed by atoms with Crippen LogP contribution < -0.4 is 0 Å². The zero-order valence-electron chi connectivity index (χ0n) is 23.8. The third kappa shape index (κ3) is 3.65. The maximum atomic E-state index is 2.45. The van der Waals surface area contributed by atoms with Crippen molar-refractivity contribution < 1.29 is 0 Å². The first kappa shape index (κ1) is 24.5. The van der Waals surface area contributed by atoms with Crippen molar-refractivity contribution in [2.45, 2.75) is 13.8 Å². The third-order valence-electron chi connectivity index (χ3n) is 8.57. The Balaban J connectivity index is 1.48. The molecule has 0 bridgehead atoms. The van der Waals surface area contributed by atoms with Gasteiger partial charge in [-0.2, -0.15) is 0 Å². The topological polar surface area (TPSA) is 9.86 Å². The number of aromatic nitrogens is 2. The quantitative estimate of drug-likeness (QED) is 0.197. The van der Waals surface area contributed by atoms with Gasteiger partial charge in [-0.05, 0) is 72.8 Å². The minimum Gasteiger partial charge on any atom is -0.309 e. The van der Waals surface area contributed by atoms with Gasteiger partial charge >= 0.3 is 0 Å². The van der Waals surface area contributed by atoms with Gasteiger partial charge in [-0.3, -0.25) is 0 Å². The smallest absolute Gasteiger partial charge is 0.0549 e. The van der Waals surface area contributed by atoms with E-state index in [-0.39, 0.29) is 0 Å². The highest BCUT2D eigenvalue weighted by Gasteiger charge is 2.19. The van der Waals surface area contributed by atoms with Crippen LogP contribution >= 0.6 is 0 Å². The molecule has 0 fully saturated rings. The van der Waals surface area contributed by atoms with Crippen molar-refractivity contribution in [2.24, 2.45) is 0 Å². The molecular weight excluding hydrogens is 508 g/mol. The summed E-state index contributed by atoms with van der Waals surface area (Å²) in [5, 5.41) is 7.54. The van der Waals surface area contributed by atoms with E-state index in [2.05, 4.69) is 169 Å². The number of nitrogens with zero attached hydrogens (tertiary/aromatic N) is 2. The van der Waals surface area contributed by atoms with E-state index in [0.29, 0.717) is 0 Å². The van der Waals surface area contributed by atoms with Crippen molar-refractivity contribution in [3.05, 3.63) is 151 Å². The number of allylic oxidation sites excluding steroid dienone is 4. The molecule has 0 unspecified atom stereocenters. The minimum atomic E-state index is 1.17. The Morgan fingerprint density at radius 2 is 1.12 bits per heavy atom. The summed E-state index contributed by atoms with van der Waals surface area (Å²) in [6.45, 7) is 4.23. The second-order valence-corrected chi connectivity index (χ2v) is 11.0. The number of benzene rings is 6. The van der Waals surface area contributed by atoms with Gasteiger partial charge in [-0.25, -0.2) is 0 Å². The van der Waals surface area contributed by atoms with Gasteiger partial charge in [0.15, 0.2) is 0 Å². The standard InChI is InChI=1S/C40H30N2/c1-3-4-13-27(2)29-16-11-17-30(24-29)41-37-21-9-7-19-32(37)34-26-40-35(25-39(34)41)33-20-8-10-22-38(33)42(40)36-23-12-15-28-14-5-6-18-31(28)36/h3-26H,1-2H3/b4-3-,27-13-. The van der Waals surface area contributed by atoms with Crippen LogP contribution in [0.1, 0.15) is 19.4 Å². The van der Waals surface area contributed by atoms with Gasteiger partial charge in [0.1, 0.15) is 0 Å². The van der Waals surface area contributed by atoms with Gasteiger partial charge in [0.05, 0.1) is 27.8 Å². The first-order valence-electron chi connectivity index (χ1n) is 14.6. The zero-order chi connectivity index (χ0) is 28.2. The Labute approximate surface area is 245 Å². The fourth-order valence-corrected chi connectivity index (χ4v) is 6.60. The van der Waals surface area contributed by atoms with Crippen LogP contribution in [0.4, 0.5) is 0 Å². The fourth-order valence-electron chi connectivity index (χ4n) is 6.60. The van der Waals surface area contributed by atoms with Gasteiger partial charge in [-0.15, -0.1) is 0 Å². The van der Waals surface area contributed by atoms with Crippen molar-refractivity contribution >= 4 is 60.0 Å². The van der Waals surface area contributed by atoms with Crippen molar-refractivity contribution in [3.63, 3.8) is 0 Å². The maximum Gasteiger partial charge on any atom is 0.0549 e. The van der Waals surface area contributed by atoms with Gasteiger partial charge < -0.3 is 9.13 Å². The summed E-state index contributed by atoms with van der Waals surface area (Å²) in [6, 6.07) is 46.6. The average Bonchev–Trinajstić information content (AvgIpc) is 3.54. The van der Waals surface area contributed by atoms with Crippen LogP contribution in [0, 0.1) is 0 Å². The van der Waals surface area contributed by atoms with Crippen LogP contribution in [0.2, 0.25) is 0 Å². The van der Waals surface area contributed by atoms with E-state index in [1.54, 1.807) is 0 Å². The van der Waals surface area contributed by atoms with Gasteiger partial charge in [0, 0.05) is 32.6 Å². The second kappa shape index (κ2) is 9.64. The van der Waals surface area contributed by atoms with E-state index in [0.717, 1.165) is 0 Å². The highest BCUT2D eigenvalue weighted by molar-refractivity contribution is 6.19. The summed E-state index contributed by atoms with van der Waals surface area (Å²) in [4.78, 5) is 0. The molecule has 200 valence electrons. The Morgan fingerprint density at radius 3 is 1.86 bits per heavy atom. The molecule has 2 aromatic heterocycles. The van der Waals surface area contributed by atoms with Crippen LogP contribution in [0.15, 0.2) is 146 Å². The molecule has 2 heterocycles. The first-order chi connectivity index (χ1) is 20.7. The molecule has 2 nitrogen and oxygen atoms in total. The van der Waals surface area contributed by atoms with E-state index >= 15 is 0 Å². The molecule has 0 amide bonds. The minimum absolute atomic E-state index is 1.17. The summed E-state index contributed by atoms with van der Waals surface area (Å²) in [6.07, 6.45) is 6.35. The lowest BCUT2D eigenvalue weighted by Crippen LogP contribution is -1.96. The molecule has 0 atom stereocenters. The molecule has 6 aromatic carbocycles. The molecule has 0 saturated carbocycles. The molecule has 8 aromatic rings. The van der Waals surface area contributed by atoms with Crippen molar-refractivity contribution in [2.75, 3.05) is 0 Å². The van der Waals surface area contributed by atoms with Crippen LogP contribution in [0.25, 0.3) is 71.3 Å². The third-order valence-corrected chi connectivity index (χ3v) is 8.57. The predicted octanol–water partition coefficient (Wildman–Crippen LogP) is 11.0. The zero-order valence-corrected chi connectivity index (χ0v) is 23.8. The monoisotopic (exact) mass is 538 g/mol.